The first-order chi connectivity index (χ1) is 10.1. The molecule has 2 rings (SSSR count). The van der Waals surface area contributed by atoms with E-state index in [0.29, 0.717) is 26.2 Å². The number of hydrogen-bond donors (Lipinski definition) is 1. The molecule has 1 amide bonds. The number of ether oxygens (including phenoxy) is 1. The SMILES string of the molecule is Cl.NCCCOC1CCN(C(=O)c2cccc(F)c2Cl)CC1. The maximum absolute atomic E-state index is 13.4. The molecule has 0 saturated carbocycles. The summed E-state index contributed by atoms with van der Waals surface area (Å²) in [4.78, 5) is 14.1. The van der Waals surface area contributed by atoms with E-state index < -0.39 is 5.82 Å². The van der Waals surface area contributed by atoms with Crippen molar-refractivity contribution in [2.75, 3.05) is 26.2 Å². The molecule has 7 heteroatoms. The molecule has 2 N–H and O–H groups in total. The second kappa shape index (κ2) is 9.30. The zero-order valence-corrected chi connectivity index (χ0v) is 13.8. The van der Waals surface area contributed by atoms with Crippen LogP contribution in [0.3, 0.4) is 0 Å². The van der Waals surface area contributed by atoms with Crippen molar-refractivity contribution in [3.05, 3.63) is 34.6 Å². The Morgan fingerprint density at radius 3 is 2.73 bits per heavy atom. The maximum Gasteiger partial charge on any atom is 0.255 e. The van der Waals surface area contributed by atoms with Crippen LogP contribution >= 0.6 is 24.0 Å². The predicted octanol–water partition coefficient (Wildman–Crippen LogP) is 2.87. The van der Waals surface area contributed by atoms with Crippen LogP contribution in [0.1, 0.15) is 29.6 Å². The lowest BCUT2D eigenvalue weighted by atomic mass is 10.1. The van der Waals surface area contributed by atoms with Gasteiger partial charge in [-0.2, -0.15) is 0 Å². The highest BCUT2D eigenvalue weighted by atomic mass is 35.5. The lowest BCUT2D eigenvalue weighted by Crippen LogP contribution is -2.41. The minimum Gasteiger partial charge on any atom is -0.378 e. The van der Waals surface area contributed by atoms with Gasteiger partial charge in [-0.25, -0.2) is 4.39 Å². The summed E-state index contributed by atoms with van der Waals surface area (Å²) in [6.07, 6.45) is 2.58. The van der Waals surface area contributed by atoms with Gasteiger partial charge < -0.3 is 15.4 Å². The number of hydrogen-bond acceptors (Lipinski definition) is 3. The highest BCUT2D eigenvalue weighted by Gasteiger charge is 2.25. The molecule has 1 aliphatic rings. The highest BCUT2D eigenvalue weighted by molar-refractivity contribution is 6.34. The van der Waals surface area contributed by atoms with Crippen LogP contribution in [0.2, 0.25) is 5.02 Å². The van der Waals surface area contributed by atoms with Gasteiger partial charge in [0.05, 0.1) is 16.7 Å². The molecule has 0 unspecified atom stereocenters. The number of rotatable bonds is 5. The van der Waals surface area contributed by atoms with Gasteiger partial charge in [0.1, 0.15) is 5.82 Å². The van der Waals surface area contributed by atoms with Gasteiger partial charge in [0.25, 0.3) is 5.91 Å². The molecule has 1 saturated heterocycles. The lowest BCUT2D eigenvalue weighted by molar-refractivity contribution is 0.00844. The van der Waals surface area contributed by atoms with Crippen LogP contribution in [0, 0.1) is 5.82 Å². The van der Waals surface area contributed by atoms with E-state index in [1.54, 1.807) is 11.0 Å². The van der Waals surface area contributed by atoms with E-state index in [2.05, 4.69) is 0 Å². The van der Waals surface area contributed by atoms with Crippen molar-refractivity contribution in [3.63, 3.8) is 0 Å². The maximum atomic E-state index is 13.4. The van der Waals surface area contributed by atoms with Crippen molar-refractivity contribution in [3.8, 4) is 0 Å². The standard InChI is InChI=1S/C15H20ClFN2O2.ClH/c16-14-12(3-1-4-13(14)17)15(20)19-8-5-11(6-9-19)21-10-2-7-18;/h1,3-4,11H,2,5-10,18H2;1H. The molecule has 0 spiro atoms. The van der Waals surface area contributed by atoms with Crippen molar-refractivity contribution < 1.29 is 13.9 Å². The fourth-order valence-corrected chi connectivity index (χ4v) is 2.61. The van der Waals surface area contributed by atoms with Crippen molar-refractivity contribution in [1.29, 1.82) is 0 Å². The second-order valence-electron chi connectivity index (χ2n) is 5.11. The zero-order chi connectivity index (χ0) is 15.2. The number of halogens is 3. The number of likely N-dealkylation sites (tertiary alicyclic amines) is 1. The van der Waals surface area contributed by atoms with Crippen molar-refractivity contribution in [2.24, 2.45) is 5.73 Å². The van der Waals surface area contributed by atoms with E-state index in [1.807, 2.05) is 0 Å². The van der Waals surface area contributed by atoms with Gasteiger partial charge in [0.2, 0.25) is 0 Å². The fraction of sp³-hybridized carbons (Fsp3) is 0.533. The van der Waals surface area contributed by atoms with Crippen molar-refractivity contribution in [2.45, 2.75) is 25.4 Å². The van der Waals surface area contributed by atoms with Crippen molar-refractivity contribution >= 4 is 29.9 Å². The predicted molar refractivity (Wildman–Crippen MR) is 87.2 cm³/mol. The topological polar surface area (TPSA) is 55.6 Å². The van der Waals surface area contributed by atoms with Crippen LogP contribution in [0.15, 0.2) is 18.2 Å². The molecule has 1 aromatic rings. The average molecular weight is 351 g/mol. The Kier molecular flexibility index (Phi) is 8.10. The van der Waals surface area contributed by atoms with Gasteiger partial charge in [-0.15, -0.1) is 12.4 Å². The minimum atomic E-state index is -0.567. The number of amides is 1. The van der Waals surface area contributed by atoms with Gasteiger partial charge in [-0.05, 0) is 37.9 Å². The number of nitrogens with two attached hydrogens (primary N) is 1. The number of benzene rings is 1. The summed E-state index contributed by atoms with van der Waals surface area (Å²) in [5, 5.41) is -0.108. The molecule has 0 radical (unpaired) electrons. The van der Waals surface area contributed by atoms with Gasteiger partial charge in [-0.1, -0.05) is 17.7 Å². The van der Waals surface area contributed by atoms with Gasteiger partial charge in [0.15, 0.2) is 0 Å². The summed E-state index contributed by atoms with van der Waals surface area (Å²) in [6, 6.07) is 4.30. The molecule has 1 heterocycles. The van der Waals surface area contributed by atoms with Gasteiger partial charge in [-0.3, -0.25) is 4.79 Å². The molecule has 0 bridgehead atoms. The fourth-order valence-electron chi connectivity index (χ4n) is 2.40. The number of carbonyl (C=O) groups excluding carboxylic acids is 1. The molecule has 1 aromatic carbocycles. The molecule has 0 aliphatic carbocycles. The quantitative estimate of drug-likeness (QED) is 0.830. The third-order valence-electron chi connectivity index (χ3n) is 3.61. The normalized spacial score (nSPS) is 15.5. The zero-order valence-electron chi connectivity index (χ0n) is 12.3. The molecular weight excluding hydrogens is 330 g/mol. The van der Waals surface area contributed by atoms with Crippen LogP contribution < -0.4 is 5.73 Å². The lowest BCUT2D eigenvalue weighted by Gasteiger charge is -2.32. The summed E-state index contributed by atoms with van der Waals surface area (Å²) in [5.41, 5.74) is 5.64. The summed E-state index contributed by atoms with van der Waals surface area (Å²) < 4.78 is 19.1. The summed E-state index contributed by atoms with van der Waals surface area (Å²) in [6.45, 7) is 2.47. The Labute approximate surface area is 141 Å². The highest BCUT2D eigenvalue weighted by Crippen LogP contribution is 2.23. The largest absolute Gasteiger partial charge is 0.378 e. The van der Waals surface area contributed by atoms with E-state index >= 15 is 0 Å². The molecule has 0 aromatic heterocycles. The number of carbonyl (C=O) groups is 1. The van der Waals surface area contributed by atoms with E-state index in [4.69, 9.17) is 22.1 Å². The smallest absolute Gasteiger partial charge is 0.255 e. The minimum absolute atomic E-state index is 0. The van der Waals surface area contributed by atoms with Crippen molar-refractivity contribution in [1.82, 2.24) is 4.90 Å². The van der Waals surface area contributed by atoms with E-state index in [0.717, 1.165) is 19.3 Å². The first-order valence-corrected chi connectivity index (χ1v) is 7.56. The molecule has 0 atom stereocenters. The third kappa shape index (κ3) is 4.81. The van der Waals surface area contributed by atoms with E-state index in [1.165, 1.54) is 12.1 Å². The van der Waals surface area contributed by atoms with E-state index in [9.17, 15) is 9.18 Å². The molecule has 124 valence electrons. The average Bonchev–Trinajstić information content (AvgIpc) is 2.50. The Morgan fingerprint density at radius 2 is 2.09 bits per heavy atom. The number of piperidine rings is 1. The monoisotopic (exact) mass is 350 g/mol. The van der Waals surface area contributed by atoms with Crippen LogP contribution in [-0.4, -0.2) is 43.2 Å². The van der Waals surface area contributed by atoms with Gasteiger partial charge >= 0.3 is 0 Å². The van der Waals surface area contributed by atoms with Crippen LogP contribution in [0.4, 0.5) is 4.39 Å². The van der Waals surface area contributed by atoms with E-state index in [-0.39, 0.29) is 35.0 Å². The Morgan fingerprint density at radius 1 is 1.41 bits per heavy atom. The third-order valence-corrected chi connectivity index (χ3v) is 4.00. The second-order valence-corrected chi connectivity index (χ2v) is 5.48. The summed E-state index contributed by atoms with van der Waals surface area (Å²) >= 11 is 5.86. The molecule has 1 aliphatic heterocycles. The first-order valence-electron chi connectivity index (χ1n) is 7.18. The molecule has 1 fully saturated rings. The first kappa shape index (κ1) is 19.2. The van der Waals surface area contributed by atoms with Crippen LogP contribution in [0.25, 0.3) is 0 Å². The molecule has 22 heavy (non-hydrogen) atoms. The van der Waals surface area contributed by atoms with Crippen LogP contribution in [-0.2, 0) is 4.74 Å². The Bertz CT molecular complexity index is 494. The van der Waals surface area contributed by atoms with Crippen LogP contribution in [0.5, 0.6) is 0 Å². The summed E-state index contributed by atoms with van der Waals surface area (Å²) in [7, 11) is 0. The Hall–Kier alpha value is -0.880. The van der Waals surface area contributed by atoms with Gasteiger partial charge in [0, 0.05) is 19.7 Å². The molecule has 4 nitrogen and oxygen atoms in total. The number of nitrogens with zero attached hydrogens (tertiary/aromatic N) is 1. The summed E-state index contributed by atoms with van der Waals surface area (Å²) in [5.74, 6) is -0.789. The molecular formula is C15H21Cl2FN2O2. The Balaban J connectivity index is 0.00000242.